The van der Waals surface area contributed by atoms with Gasteiger partial charge in [-0.3, -0.25) is 9.59 Å². The number of fused-ring (bicyclic) bond motifs is 2. The quantitative estimate of drug-likeness (QED) is 0.571. The summed E-state index contributed by atoms with van der Waals surface area (Å²) in [5.74, 6) is -0.191. The van der Waals surface area contributed by atoms with Crippen molar-refractivity contribution in [3.63, 3.8) is 0 Å². The minimum atomic E-state index is -0.191. The fourth-order valence-corrected chi connectivity index (χ4v) is 3.92. The van der Waals surface area contributed by atoms with Crippen molar-refractivity contribution in [2.45, 2.75) is 20.3 Å². The van der Waals surface area contributed by atoms with E-state index in [1.54, 1.807) is 17.6 Å². The highest BCUT2D eigenvalue weighted by molar-refractivity contribution is 7.16. The van der Waals surface area contributed by atoms with E-state index in [9.17, 15) is 9.59 Å². The lowest BCUT2D eigenvalue weighted by Gasteiger charge is -2.10. The van der Waals surface area contributed by atoms with Crippen molar-refractivity contribution in [2.24, 2.45) is 0 Å². The van der Waals surface area contributed by atoms with Crippen LogP contribution in [0.25, 0.3) is 21.1 Å². The van der Waals surface area contributed by atoms with Gasteiger partial charge in [-0.15, -0.1) is 11.3 Å². The number of aromatic nitrogens is 2. The van der Waals surface area contributed by atoms with Crippen molar-refractivity contribution >= 4 is 44.1 Å². The van der Waals surface area contributed by atoms with E-state index < -0.39 is 0 Å². The lowest BCUT2D eigenvalue weighted by Crippen LogP contribution is -2.15. The van der Waals surface area contributed by atoms with Crippen LogP contribution in [0.4, 0.5) is 5.69 Å². The Kier molecular flexibility index (Phi) is 4.05. The number of hydrogen-bond acceptors (Lipinski definition) is 4. The molecule has 0 bridgehead atoms. The van der Waals surface area contributed by atoms with Crippen LogP contribution in [-0.4, -0.2) is 15.9 Å². The minimum absolute atomic E-state index is 0.0726. The molecule has 0 aliphatic heterocycles. The normalized spacial score (nSPS) is 11.2. The lowest BCUT2D eigenvalue weighted by molar-refractivity contribution is 0.102. The SMILES string of the molecule is CCc1c(C)c2ccc(NC(=O)c3ccc4ncsc4c3)cc2[nH]c1=O. The Balaban J connectivity index is 1.68. The number of aromatic amines is 1. The second-order valence-electron chi connectivity index (χ2n) is 6.16. The van der Waals surface area contributed by atoms with Crippen LogP contribution < -0.4 is 10.9 Å². The maximum Gasteiger partial charge on any atom is 0.255 e. The molecule has 0 aliphatic rings. The molecule has 5 nitrogen and oxygen atoms in total. The number of nitrogens with zero attached hydrogens (tertiary/aromatic N) is 1. The predicted molar refractivity (Wildman–Crippen MR) is 106 cm³/mol. The number of amides is 1. The molecule has 0 aliphatic carbocycles. The largest absolute Gasteiger partial charge is 0.322 e. The van der Waals surface area contributed by atoms with Gasteiger partial charge < -0.3 is 10.3 Å². The molecule has 0 atom stereocenters. The Hall–Kier alpha value is -2.99. The van der Waals surface area contributed by atoms with E-state index in [4.69, 9.17) is 0 Å². The molecular weight excluding hydrogens is 346 g/mol. The number of aryl methyl sites for hydroxylation is 1. The van der Waals surface area contributed by atoms with E-state index in [0.29, 0.717) is 17.7 Å². The van der Waals surface area contributed by atoms with E-state index in [0.717, 1.165) is 32.2 Å². The molecule has 0 fully saturated rings. The Morgan fingerprint density at radius 2 is 2.08 bits per heavy atom. The van der Waals surface area contributed by atoms with E-state index in [-0.39, 0.29) is 11.5 Å². The summed E-state index contributed by atoms with van der Waals surface area (Å²) in [6.07, 6.45) is 0.690. The first-order valence-corrected chi connectivity index (χ1v) is 9.25. The van der Waals surface area contributed by atoms with Crippen molar-refractivity contribution < 1.29 is 4.79 Å². The van der Waals surface area contributed by atoms with Gasteiger partial charge in [0.1, 0.15) is 0 Å². The minimum Gasteiger partial charge on any atom is -0.322 e. The van der Waals surface area contributed by atoms with Gasteiger partial charge in [-0.1, -0.05) is 13.0 Å². The van der Waals surface area contributed by atoms with E-state index in [1.165, 1.54) is 11.3 Å². The highest BCUT2D eigenvalue weighted by atomic mass is 32.1. The molecule has 2 N–H and O–H groups in total. The fourth-order valence-electron chi connectivity index (χ4n) is 3.21. The molecule has 0 unspecified atom stereocenters. The van der Waals surface area contributed by atoms with Gasteiger partial charge in [-0.2, -0.15) is 0 Å². The lowest BCUT2D eigenvalue weighted by atomic mass is 10.0. The second-order valence-corrected chi connectivity index (χ2v) is 7.05. The number of rotatable bonds is 3. The molecule has 0 saturated heterocycles. The second kappa shape index (κ2) is 6.38. The van der Waals surface area contributed by atoms with E-state index in [2.05, 4.69) is 15.3 Å². The van der Waals surface area contributed by atoms with Crippen LogP contribution in [0.15, 0.2) is 46.7 Å². The van der Waals surface area contributed by atoms with Gasteiger partial charge in [0.15, 0.2) is 0 Å². The number of H-pyrrole nitrogens is 1. The van der Waals surface area contributed by atoms with Crippen LogP contribution in [0.5, 0.6) is 0 Å². The monoisotopic (exact) mass is 363 g/mol. The van der Waals surface area contributed by atoms with Gasteiger partial charge in [0.05, 0.1) is 21.2 Å². The molecule has 4 aromatic rings. The molecule has 4 rings (SSSR count). The number of nitrogens with one attached hydrogen (secondary N) is 2. The van der Waals surface area contributed by atoms with Gasteiger partial charge >= 0.3 is 0 Å². The predicted octanol–water partition coefficient (Wildman–Crippen LogP) is 4.26. The van der Waals surface area contributed by atoms with Crippen LogP contribution >= 0.6 is 11.3 Å². The number of pyridine rings is 1. The van der Waals surface area contributed by atoms with Gasteiger partial charge in [0.25, 0.3) is 11.5 Å². The summed E-state index contributed by atoms with van der Waals surface area (Å²) >= 11 is 1.50. The number of hydrogen-bond donors (Lipinski definition) is 2. The number of thiazole rings is 1. The highest BCUT2D eigenvalue weighted by Gasteiger charge is 2.11. The summed E-state index contributed by atoms with van der Waals surface area (Å²) in [5, 5.41) is 3.89. The molecule has 0 spiro atoms. The van der Waals surface area contributed by atoms with Crippen LogP contribution in [0, 0.1) is 6.92 Å². The Morgan fingerprint density at radius 1 is 1.23 bits per heavy atom. The summed E-state index contributed by atoms with van der Waals surface area (Å²) in [7, 11) is 0. The molecule has 130 valence electrons. The number of carbonyl (C=O) groups is 1. The molecule has 2 aromatic heterocycles. The molecule has 26 heavy (non-hydrogen) atoms. The van der Waals surface area contributed by atoms with Crippen LogP contribution in [0.2, 0.25) is 0 Å². The first-order valence-electron chi connectivity index (χ1n) is 8.37. The third-order valence-corrected chi connectivity index (χ3v) is 5.40. The average Bonchev–Trinajstić information content (AvgIpc) is 3.09. The van der Waals surface area contributed by atoms with Crippen molar-refractivity contribution in [3.05, 3.63) is 69.0 Å². The fraction of sp³-hybridized carbons (Fsp3) is 0.150. The summed E-state index contributed by atoms with van der Waals surface area (Å²) in [6.45, 7) is 3.93. The van der Waals surface area contributed by atoms with Gasteiger partial charge in [0, 0.05) is 22.2 Å². The van der Waals surface area contributed by atoms with E-state index >= 15 is 0 Å². The third kappa shape index (κ3) is 2.78. The maximum atomic E-state index is 12.6. The summed E-state index contributed by atoms with van der Waals surface area (Å²) in [6, 6.07) is 11.0. The zero-order valence-electron chi connectivity index (χ0n) is 14.4. The Morgan fingerprint density at radius 3 is 2.88 bits per heavy atom. The Labute approximate surface area is 153 Å². The Bertz CT molecular complexity index is 1210. The molecule has 0 saturated carbocycles. The summed E-state index contributed by atoms with van der Waals surface area (Å²) in [4.78, 5) is 31.9. The number of anilines is 1. The van der Waals surface area contributed by atoms with Crippen LogP contribution in [0.1, 0.15) is 28.4 Å². The van der Waals surface area contributed by atoms with Crippen molar-refractivity contribution in [1.82, 2.24) is 9.97 Å². The zero-order chi connectivity index (χ0) is 18.3. The molecule has 1 amide bonds. The van der Waals surface area contributed by atoms with Crippen molar-refractivity contribution in [3.8, 4) is 0 Å². The standard InChI is InChI=1S/C20H17N3O2S/c1-3-14-11(2)15-6-5-13(9-17(15)23-20(14)25)22-19(24)12-4-7-16-18(8-12)26-10-21-16/h4-10H,3H2,1-2H3,(H,22,24)(H,23,25). The third-order valence-electron chi connectivity index (χ3n) is 4.60. The van der Waals surface area contributed by atoms with Gasteiger partial charge in [-0.05, 0) is 49.2 Å². The highest BCUT2D eigenvalue weighted by Crippen LogP contribution is 2.23. The molecular formula is C20H17N3O2S. The first kappa shape index (κ1) is 16.5. The average molecular weight is 363 g/mol. The maximum absolute atomic E-state index is 12.6. The summed E-state index contributed by atoms with van der Waals surface area (Å²) in [5.41, 5.74) is 6.30. The van der Waals surface area contributed by atoms with Gasteiger partial charge in [-0.25, -0.2) is 4.98 Å². The van der Waals surface area contributed by atoms with E-state index in [1.807, 2.05) is 38.1 Å². The smallest absolute Gasteiger partial charge is 0.255 e. The molecule has 6 heteroatoms. The van der Waals surface area contributed by atoms with Crippen LogP contribution in [0.3, 0.4) is 0 Å². The molecule has 2 heterocycles. The summed E-state index contributed by atoms with van der Waals surface area (Å²) < 4.78 is 0.975. The van der Waals surface area contributed by atoms with Crippen molar-refractivity contribution in [2.75, 3.05) is 5.32 Å². The van der Waals surface area contributed by atoms with Crippen molar-refractivity contribution in [1.29, 1.82) is 0 Å². The first-order chi connectivity index (χ1) is 12.6. The number of benzene rings is 2. The molecule has 2 aromatic carbocycles. The molecule has 0 radical (unpaired) electrons. The van der Waals surface area contributed by atoms with Gasteiger partial charge in [0.2, 0.25) is 0 Å². The topological polar surface area (TPSA) is 74.8 Å². The van der Waals surface area contributed by atoms with Crippen LogP contribution in [-0.2, 0) is 6.42 Å². The number of carbonyl (C=O) groups excluding carboxylic acids is 1. The zero-order valence-corrected chi connectivity index (χ0v) is 15.2.